The highest BCUT2D eigenvalue weighted by molar-refractivity contribution is 7.89. The molecule has 0 aromatic heterocycles. The van der Waals surface area contributed by atoms with Gasteiger partial charge in [0.05, 0.1) is 11.5 Å². The predicted octanol–water partition coefficient (Wildman–Crippen LogP) is 1.86. The Labute approximate surface area is 141 Å². The van der Waals surface area contributed by atoms with Gasteiger partial charge in [0.15, 0.2) is 0 Å². The second-order valence-electron chi connectivity index (χ2n) is 4.85. The molecule has 7 heteroatoms. The number of nitrogens with one attached hydrogen (secondary N) is 2. The van der Waals surface area contributed by atoms with E-state index in [0.29, 0.717) is 5.56 Å². The molecule has 0 unspecified atom stereocenters. The van der Waals surface area contributed by atoms with E-state index in [1.54, 1.807) is 18.2 Å². The van der Waals surface area contributed by atoms with Crippen LogP contribution in [0, 0.1) is 0 Å². The summed E-state index contributed by atoms with van der Waals surface area (Å²) < 4.78 is 25.4. The molecule has 0 saturated carbocycles. The lowest BCUT2D eigenvalue weighted by Crippen LogP contribution is -2.21. The summed E-state index contributed by atoms with van der Waals surface area (Å²) in [6.45, 7) is 0.275. The Bertz CT molecular complexity index is 800. The van der Waals surface area contributed by atoms with Crippen LogP contribution in [0.1, 0.15) is 11.1 Å². The molecule has 2 rings (SSSR count). The van der Waals surface area contributed by atoms with E-state index in [2.05, 4.69) is 10.2 Å². The summed E-state index contributed by atoms with van der Waals surface area (Å²) in [5.41, 5.74) is 3.96. The van der Waals surface area contributed by atoms with Crippen LogP contribution in [-0.2, 0) is 26.3 Å². The molecule has 1 amide bonds. The van der Waals surface area contributed by atoms with Crippen molar-refractivity contribution in [1.82, 2.24) is 10.2 Å². The van der Waals surface area contributed by atoms with Crippen LogP contribution >= 0.6 is 0 Å². The van der Waals surface area contributed by atoms with Crippen LogP contribution in [0.4, 0.5) is 0 Å². The third kappa shape index (κ3) is 5.31. The van der Waals surface area contributed by atoms with Gasteiger partial charge in [-0.05, 0) is 36.4 Å². The first-order chi connectivity index (χ1) is 11.5. The van der Waals surface area contributed by atoms with Gasteiger partial charge in [-0.3, -0.25) is 9.63 Å². The Kier molecular flexibility index (Phi) is 6.25. The van der Waals surface area contributed by atoms with Gasteiger partial charge in [0, 0.05) is 6.08 Å². The fourth-order valence-electron chi connectivity index (χ4n) is 1.85. The second kappa shape index (κ2) is 8.39. The Morgan fingerprint density at radius 2 is 1.75 bits per heavy atom. The topological polar surface area (TPSA) is 84.5 Å². The highest BCUT2D eigenvalue weighted by Crippen LogP contribution is 2.11. The van der Waals surface area contributed by atoms with Crippen LogP contribution in [0.25, 0.3) is 6.08 Å². The zero-order valence-electron chi connectivity index (χ0n) is 13.1. The molecule has 0 spiro atoms. The molecule has 0 heterocycles. The van der Waals surface area contributed by atoms with Gasteiger partial charge >= 0.3 is 0 Å². The smallest absolute Gasteiger partial charge is 0.267 e. The molecule has 0 bridgehead atoms. The number of carbonyl (C=O) groups is 1. The van der Waals surface area contributed by atoms with Gasteiger partial charge in [0.25, 0.3) is 5.91 Å². The molecule has 2 aromatic rings. The van der Waals surface area contributed by atoms with Crippen LogP contribution in [0.2, 0.25) is 0 Å². The molecule has 0 aliphatic carbocycles. The summed E-state index contributed by atoms with van der Waals surface area (Å²) in [6, 6.07) is 15.6. The first kappa shape index (κ1) is 17.9. The molecule has 2 aromatic carbocycles. The summed E-state index contributed by atoms with van der Waals surface area (Å²) >= 11 is 0. The van der Waals surface area contributed by atoms with E-state index < -0.39 is 15.9 Å². The molecule has 24 heavy (non-hydrogen) atoms. The van der Waals surface area contributed by atoms with Crippen molar-refractivity contribution in [3.63, 3.8) is 0 Å². The Balaban J connectivity index is 1.85. The Morgan fingerprint density at radius 1 is 1.08 bits per heavy atom. The maximum atomic E-state index is 11.7. The lowest BCUT2D eigenvalue weighted by Gasteiger charge is -2.04. The summed E-state index contributed by atoms with van der Waals surface area (Å²) in [5, 5.41) is 0. The molecular weight excluding hydrogens is 328 g/mol. The van der Waals surface area contributed by atoms with E-state index in [1.165, 1.54) is 25.3 Å². The van der Waals surface area contributed by atoms with E-state index in [-0.39, 0.29) is 11.5 Å². The molecule has 0 fully saturated rings. The minimum atomic E-state index is -3.46. The standard InChI is InChI=1S/C17H18N2O4S/c1-18-24(21,22)16-10-7-14(8-11-16)9-12-17(20)19-23-13-15-5-3-2-4-6-15/h2-12,18H,13H2,1H3,(H,19,20)/b12-9+. The van der Waals surface area contributed by atoms with E-state index in [1.807, 2.05) is 30.3 Å². The lowest BCUT2D eigenvalue weighted by molar-refractivity contribution is -0.129. The zero-order valence-corrected chi connectivity index (χ0v) is 13.9. The molecule has 0 aliphatic heterocycles. The summed E-state index contributed by atoms with van der Waals surface area (Å²) in [4.78, 5) is 16.9. The van der Waals surface area contributed by atoms with E-state index in [4.69, 9.17) is 4.84 Å². The minimum absolute atomic E-state index is 0.165. The maximum Gasteiger partial charge on any atom is 0.267 e. The molecular formula is C17H18N2O4S. The van der Waals surface area contributed by atoms with Crippen LogP contribution in [0.5, 0.6) is 0 Å². The van der Waals surface area contributed by atoms with Gasteiger partial charge in [-0.15, -0.1) is 0 Å². The van der Waals surface area contributed by atoms with E-state index in [9.17, 15) is 13.2 Å². The summed E-state index contributed by atoms with van der Waals surface area (Å²) in [5.74, 6) is -0.405. The van der Waals surface area contributed by atoms with Gasteiger partial charge in [-0.25, -0.2) is 18.6 Å². The van der Waals surface area contributed by atoms with Crippen molar-refractivity contribution in [1.29, 1.82) is 0 Å². The lowest BCUT2D eigenvalue weighted by atomic mass is 10.2. The molecule has 0 saturated heterocycles. The van der Waals surface area contributed by atoms with Gasteiger partial charge in [-0.2, -0.15) is 0 Å². The molecule has 126 valence electrons. The SMILES string of the molecule is CNS(=O)(=O)c1ccc(/C=C/C(=O)NOCc2ccccc2)cc1. The Morgan fingerprint density at radius 3 is 2.38 bits per heavy atom. The Hall–Kier alpha value is -2.48. The van der Waals surface area contributed by atoms with Gasteiger partial charge < -0.3 is 0 Å². The third-order valence-electron chi connectivity index (χ3n) is 3.14. The average Bonchev–Trinajstić information content (AvgIpc) is 2.61. The fraction of sp³-hybridized carbons (Fsp3) is 0.118. The first-order valence-electron chi connectivity index (χ1n) is 7.18. The van der Waals surface area contributed by atoms with Crippen molar-refractivity contribution in [2.45, 2.75) is 11.5 Å². The highest BCUT2D eigenvalue weighted by Gasteiger charge is 2.09. The average molecular weight is 346 g/mol. The van der Waals surface area contributed by atoms with Crippen LogP contribution < -0.4 is 10.2 Å². The van der Waals surface area contributed by atoms with Crippen molar-refractivity contribution >= 4 is 22.0 Å². The normalized spacial score (nSPS) is 11.5. The first-order valence-corrected chi connectivity index (χ1v) is 8.67. The number of hydroxylamine groups is 1. The van der Waals surface area contributed by atoms with Crippen molar-refractivity contribution < 1.29 is 18.0 Å². The van der Waals surface area contributed by atoms with Crippen LogP contribution in [-0.4, -0.2) is 21.4 Å². The predicted molar refractivity (Wildman–Crippen MR) is 91.1 cm³/mol. The maximum absolute atomic E-state index is 11.7. The highest BCUT2D eigenvalue weighted by atomic mass is 32.2. The molecule has 0 aliphatic rings. The number of sulfonamides is 1. The molecule has 0 atom stereocenters. The van der Waals surface area contributed by atoms with Gasteiger partial charge in [0.2, 0.25) is 10.0 Å². The van der Waals surface area contributed by atoms with E-state index in [0.717, 1.165) is 5.56 Å². The van der Waals surface area contributed by atoms with Crippen LogP contribution in [0.15, 0.2) is 65.6 Å². The number of rotatable bonds is 7. The molecule has 6 nitrogen and oxygen atoms in total. The minimum Gasteiger partial charge on any atom is -0.269 e. The number of benzene rings is 2. The zero-order chi connectivity index (χ0) is 17.4. The van der Waals surface area contributed by atoms with Crippen molar-refractivity contribution in [3.8, 4) is 0 Å². The summed E-state index contributed by atoms with van der Waals surface area (Å²) in [7, 11) is -2.11. The van der Waals surface area contributed by atoms with Crippen molar-refractivity contribution in [2.75, 3.05) is 7.05 Å². The monoisotopic (exact) mass is 346 g/mol. The van der Waals surface area contributed by atoms with E-state index >= 15 is 0 Å². The second-order valence-corrected chi connectivity index (χ2v) is 6.74. The van der Waals surface area contributed by atoms with Crippen LogP contribution in [0.3, 0.4) is 0 Å². The summed E-state index contributed by atoms with van der Waals surface area (Å²) in [6.07, 6.45) is 2.88. The number of amides is 1. The fourth-order valence-corrected chi connectivity index (χ4v) is 2.58. The van der Waals surface area contributed by atoms with Gasteiger partial charge in [-0.1, -0.05) is 42.5 Å². The molecule has 0 radical (unpaired) electrons. The number of hydrogen-bond acceptors (Lipinski definition) is 4. The third-order valence-corrected chi connectivity index (χ3v) is 4.57. The number of carbonyl (C=O) groups excluding carboxylic acids is 1. The largest absolute Gasteiger partial charge is 0.269 e. The van der Waals surface area contributed by atoms with Crippen molar-refractivity contribution in [3.05, 3.63) is 71.8 Å². The quantitative estimate of drug-likeness (QED) is 0.592. The van der Waals surface area contributed by atoms with Crippen molar-refractivity contribution in [2.24, 2.45) is 0 Å². The van der Waals surface area contributed by atoms with Gasteiger partial charge in [0.1, 0.15) is 0 Å². The molecule has 2 N–H and O–H groups in total. The number of hydrogen-bond donors (Lipinski definition) is 2.